The van der Waals surface area contributed by atoms with Crippen molar-refractivity contribution in [1.29, 1.82) is 0 Å². The monoisotopic (exact) mass is 483 g/mol. The first-order chi connectivity index (χ1) is 17.4. The number of amides is 1. The number of rotatable bonds is 9. The van der Waals surface area contributed by atoms with E-state index in [1.165, 1.54) is 5.56 Å². The second-order valence-electron chi connectivity index (χ2n) is 8.49. The first-order valence-electron chi connectivity index (χ1n) is 11.5. The number of hydrazone groups is 1. The third-order valence-electron chi connectivity index (χ3n) is 5.59. The van der Waals surface area contributed by atoms with Crippen LogP contribution < -0.4 is 19.8 Å². The van der Waals surface area contributed by atoms with Crippen molar-refractivity contribution in [2.24, 2.45) is 5.10 Å². The molecular weight excluding hydrogens is 454 g/mol. The van der Waals surface area contributed by atoms with Gasteiger partial charge >= 0.3 is 0 Å². The highest BCUT2D eigenvalue weighted by molar-refractivity contribution is 5.94. The van der Waals surface area contributed by atoms with Gasteiger partial charge in [0, 0.05) is 25.3 Å². The number of methoxy groups -OCH3 is 1. The number of aryl methyl sites for hydroxylation is 1. The van der Waals surface area contributed by atoms with Crippen LogP contribution in [-0.4, -0.2) is 43.5 Å². The Balaban J connectivity index is 1.39. The summed E-state index contributed by atoms with van der Waals surface area (Å²) in [4.78, 5) is 14.5. The minimum Gasteiger partial charge on any atom is -0.493 e. The Morgan fingerprint density at radius 1 is 1.03 bits per heavy atom. The summed E-state index contributed by atoms with van der Waals surface area (Å²) in [5, 5.41) is 11.1. The Kier molecular flexibility index (Phi) is 7.65. The predicted molar refractivity (Wildman–Crippen MR) is 142 cm³/mol. The fourth-order valence-corrected chi connectivity index (χ4v) is 3.46. The van der Waals surface area contributed by atoms with Crippen molar-refractivity contribution in [2.75, 3.05) is 26.1 Å². The second kappa shape index (κ2) is 11.2. The largest absolute Gasteiger partial charge is 0.493 e. The lowest BCUT2D eigenvalue weighted by Gasteiger charge is -2.12. The van der Waals surface area contributed by atoms with Gasteiger partial charge in [0.25, 0.3) is 5.91 Å². The average Bonchev–Trinajstić information content (AvgIpc) is 3.39. The third kappa shape index (κ3) is 6.09. The van der Waals surface area contributed by atoms with E-state index in [9.17, 15) is 4.79 Å². The second-order valence-corrected chi connectivity index (χ2v) is 8.49. The molecule has 4 aromatic rings. The molecule has 0 bridgehead atoms. The summed E-state index contributed by atoms with van der Waals surface area (Å²) >= 11 is 0. The molecule has 0 unspecified atom stereocenters. The molecule has 0 aliphatic rings. The first kappa shape index (κ1) is 24.5. The van der Waals surface area contributed by atoms with Crippen LogP contribution >= 0.6 is 0 Å². The van der Waals surface area contributed by atoms with Gasteiger partial charge in [-0.05, 0) is 54.4 Å². The summed E-state index contributed by atoms with van der Waals surface area (Å²) in [6, 6.07) is 23.2. The van der Waals surface area contributed by atoms with E-state index in [1.807, 2.05) is 73.6 Å². The number of hydrogen-bond acceptors (Lipinski definition) is 6. The van der Waals surface area contributed by atoms with Gasteiger partial charge < -0.3 is 14.4 Å². The number of carbonyl (C=O) groups excluding carboxylic acids is 1. The van der Waals surface area contributed by atoms with Gasteiger partial charge in [-0.3, -0.25) is 9.89 Å². The smallest absolute Gasteiger partial charge is 0.289 e. The van der Waals surface area contributed by atoms with E-state index in [1.54, 1.807) is 19.4 Å². The van der Waals surface area contributed by atoms with E-state index < -0.39 is 0 Å². The molecule has 0 aliphatic heterocycles. The molecule has 0 saturated carbocycles. The van der Waals surface area contributed by atoms with E-state index in [0.717, 1.165) is 22.4 Å². The van der Waals surface area contributed by atoms with Crippen LogP contribution in [-0.2, 0) is 6.61 Å². The lowest BCUT2D eigenvalue weighted by Crippen LogP contribution is -2.18. The molecule has 0 spiro atoms. The summed E-state index contributed by atoms with van der Waals surface area (Å²) in [6.45, 7) is 2.48. The van der Waals surface area contributed by atoms with Crippen LogP contribution in [0.5, 0.6) is 11.5 Å². The molecule has 0 atom stereocenters. The zero-order valence-electron chi connectivity index (χ0n) is 20.8. The molecule has 0 fully saturated rings. The molecule has 1 heterocycles. The molecule has 0 aliphatic carbocycles. The Morgan fingerprint density at radius 3 is 2.47 bits per heavy atom. The third-order valence-corrected chi connectivity index (χ3v) is 5.59. The van der Waals surface area contributed by atoms with Crippen LogP contribution in [0.2, 0.25) is 0 Å². The molecule has 1 aromatic heterocycles. The van der Waals surface area contributed by atoms with E-state index in [2.05, 4.69) is 39.8 Å². The highest BCUT2D eigenvalue weighted by Gasteiger charge is 2.13. The molecule has 184 valence electrons. The van der Waals surface area contributed by atoms with Crippen molar-refractivity contribution < 1.29 is 14.3 Å². The zero-order chi connectivity index (χ0) is 25.5. The summed E-state index contributed by atoms with van der Waals surface area (Å²) in [6.07, 6.45) is 1.59. The SMILES string of the molecule is COc1cc(-c2cc(C(=O)NN=Cc3ccc(N(C)C)cc3)[nH]n2)ccc1OCc1ccc(C)cc1. The Bertz CT molecular complexity index is 1340. The lowest BCUT2D eigenvalue weighted by atomic mass is 10.1. The fourth-order valence-electron chi connectivity index (χ4n) is 3.46. The van der Waals surface area contributed by atoms with Crippen LogP contribution in [0.3, 0.4) is 0 Å². The Labute approximate surface area is 210 Å². The quantitative estimate of drug-likeness (QED) is 0.264. The van der Waals surface area contributed by atoms with Crippen LogP contribution in [0.4, 0.5) is 5.69 Å². The van der Waals surface area contributed by atoms with Crippen molar-refractivity contribution in [1.82, 2.24) is 15.6 Å². The van der Waals surface area contributed by atoms with Gasteiger partial charge in [-0.15, -0.1) is 0 Å². The molecule has 1 amide bonds. The van der Waals surface area contributed by atoms with Gasteiger partial charge in [-0.25, -0.2) is 5.43 Å². The molecule has 0 saturated heterocycles. The van der Waals surface area contributed by atoms with Crippen molar-refractivity contribution in [3.63, 3.8) is 0 Å². The number of aromatic nitrogens is 2. The maximum Gasteiger partial charge on any atom is 0.289 e. The molecule has 8 heteroatoms. The van der Waals surface area contributed by atoms with E-state index in [0.29, 0.717) is 29.5 Å². The maximum absolute atomic E-state index is 12.5. The first-order valence-corrected chi connectivity index (χ1v) is 11.5. The van der Waals surface area contributed by atoms with Gasteiger partial charge in [-0.2, -0.15) is 10.2 Å². The van der Waals surface area contributed by atoms with E-state index in [-0.39, 0.29) is 5.91 Å². The van der Waals surface area contributed by atoms with Gasteiger partial charge in [0.2, 0.25) is 0 Å². The molecule has 2 N–H and O–H groups in total. The van der Waals surface area contributed by atoms with Crippen LogP contribution in [0, 0.1) is 6.92 Å². The lowest BCUT2D eigenvalue weighted by molar-refractivity contribution is 0.0950. The fraction of sp³-hybridized carbons (Fsp3) is 0.179. The summed E-state index contributed by atoms with van der Waals surface area (Å²) in [5.74, 6) is 0.821. The standard InChI is InChI=1S/C28H29N5O3/c1-19-5-7-21(8-6-19)18-36-26-14-11-22(15-27(26)35-4)24-16-25(31-30-24)28(34)32-29-17-20-9-12-23(13-10-20)33(2)3/h5-17H,18H2,1-4H3,(H,30,31)(H,32,34). The number of anilines is 1. The Hall–Kier alpha value is -4.59. The molecule has 8 nitrogen and oxygen atoms in total. The topological polar surface area (TPSA) is 91.8 Å². The van der Waals surface area contributed by atoms with Gasteiger partial charge in [0.15, 0.2) is 11.5 Å². The van der Waals surface area contributed by atoms with Crippen LogP contribution in [0.1, 0.15) is 27.2 Å². The van der Waals surface area contributed by atoms with Gasteiger partial charge in [-0.1, -0.05) is 42.0 Å². The number of aromatic amines is 1. The minimum atomic E-state index is -0.389. The number of ether oxygens (including phenoxy) is 2. The number of hydrogen-bond donors (Lipinski definition) is 2. The highest BCUT2D eigenvalue weighted by atomic mass is 16.5. The molecular formula is C28H29N5O3. The number of benzene rings is 3. The van der Waals surface area contributed by atoms with Crippen molar-refractivity contribution in [3.05, 3.63) is 95.2 Å². The normalized spacial score (nSPS) is 10.9. The number of carbonyl (C=O) groups is 1. The van der Waals surface area contributed by atoms with Gasteiger partial charge in [0.1, 0.15) is 12.3 Å². The maximum atomic E-state index is 12.5. The average molecular weight is 484 g/mol. The van der Waals surface area contributed by atoms with Crippen LogP contribution in [0.15, 0.2) is 77.9 Å². The molecule has 36 heavy (non-hydrogen) atoms. The molecule has 0 radical (unpaired) electrons. The zero-order valence-corrected chi connectivity index (χ0v) is 20.8. The van der Waals surface area contributed by atoms with E-state index in [4.69, 9.17) is 9.47 Å². The number of nitrogens with zero attached hydrogens (tertiary/aromatic N) is 3. The Morgan fingerprint density at radius 2 is 1.78 bits per heavy atom. The summed E-state index contributed by atoms with van der Waals surface area (Å²) in [5.41, 5.74) is 8.45. The van der Waals surface area contributed by atoms with Crippen LogP contribution in [0.25, 0.3) is 11.3 Å². The predicted octanol–water partition coefficient (Wildman–Crippen LogP) is 4.80. The molecule has 3 aromatic carbocycles. The number of H-pyrrole nitrogens is 1. The van der Waals surface area contributed by atoms with Crippen molar-refractivity contribution in [3.8, 4) is 22.8 Å². The summed E-state index contributed by atoms with van der Waals surface area (Å²) < 4.78 is 11.5. The molecule has 4 rings (SSSR count). The minimum absolute atomic E-state index is 0.295. The summed E-state index contributed by atoms with van der Waals surface area (Å²) in [7, 11) is 5.55. The van der Waals surface area contributed by atoms with Crippen molar-refractivity contribution in [2.45, 2.75) is 13.5 Å². The highest BCUT2D eigenvalue weighted by Crippen LogP contribution is 2.32. The van der Waals surface area contributed by atoms with Crippen molar-refractivity contribution >= 4 is 17.8 Å². The van der Waals surface area contributed by atoms with Gasteiger partial charge in [0.05, 0.1) is 19.0 Å². The van der Waals surface area contributed by atoms with E-state index >= 15 is 0 Å². The number of nitrogens with one attached hydrogen (secondary N) is 2.